The third-order valence-electron chi connectivity index (χ3n) is 1.28. The molecule has 0 bridgehead atoms. The fourth-order valence-electron chi connectivity index (χ4n) is 0.714. The van der Waals surface area contributed by atoms with E-state index in [0.717, 1.165) is 0 Å². The van der Waals surface area contributed by atoms with E-state index in [1.54, 1.807) is 0 Å². The Balaban J connectivity index is 2.56. The highest BCUT2D eigenvalue weighted by molar-refractivity contribution is 6.22. The zero-order valence-electron chi connectivity index (χ0n) is 7.04. The van der Waals surface area contributed by atoms with E-state index in [-0.39, 0.29) is 0 Å². The lowest BCUT2D eigenvalue weighted by Gasteiger charge is -1.96. The second-order valence-corrected chi connectivity index (χ2v) is 2.27. The molecule has 0 aliphatic carbocycles. The van der Waals surface area contributed by atoms with Crippen molar-refractivity contribution < 1.29 is 14.7 Å². The Morgan fingerprint density at radius 1 is 1.43 bits per heavy atom. The summed E-state index contributed by atoms with van der Waals surface area (Å²) >= 11 is 0. The van der Waals surface area contributed by atoms with Crippen LogP contribution in [0.4, 0.5) is 0 Å². The molecule has 0 radical (unpaired) electrons. The molecule has 0 spiro atoms. The molecule has 6 heteroatoms. The molecule has 14 heavy (non-hydrogen) atoms. The minimum absolute atomic E-state index is 0.363. The van der Waals surface area contributed by atoms with Crippen LogP contribution in [0, 0.1) is 0 Å². The predicted octanol–water partition coefficient (Wildman–Crippen LogP) is -0.118. The molecule has 0 saturated carbocycles. The quantitative estimate of drug-likeness (QED) is 0.517. The summed E-state index contributed by atoms with van der Waals surface area (Å²) in [7, 11) is 0. The molecule has 2 N–H and O–H groups in total. The molecule has 0 aliphatic heterocycles. The van der Waals surface area contributed by atoms with Crippen molar-refractivity contribution >= 4 is 18.1 Å². The van der Waals surface area contributed by atoms with Gasteiger partial charge in [-0.05, 0) is 12.1 Å². The number of nitrogens with one attached hydrogen (secondary N) is 1. The van der Waals surface area contributed by atoms with Gasteiger partial charge in [0.15, 0.2) is 0 Å². The first-order valence-corrected chi connectivity index (χ1v) is 3.66. The number of pyridine rings is 1. The van der Waals surface area contributed by atoms with Gasteiger partial charge in [0, 0.05) is 18.0 Å². The molecule has 1 amide bonds. The predicted molar refractivity (Wildman–Crippen MR) is 47.8 cm³/mol. The summed E-state index contributed by atoms with van der Waals surface area (Å²) < 4.78 is 0. The number of nitrogens with zero attached hydrogens (tertiary/aromatic N) is 2. The molecule has 6 nitrogen and oxygen atoms in total. The maximum atomic E-state index is 11.2. The molecule has 0 fully saturated rings. The van der Waals surface area contributed by atoms with Crippen molar-refractivity contribution in [3.05, 3.63) is 30.1 Å². The van der Waals surface area contributed by atoms with Crippen molar-refractivity contribution in [2.24, 2.45) is 5.10 Å². The van der Waals surface area contributed by atoms with Crippen molar-refractivity contribution in [1.82, 2.24) is 10.4 Å². The van der Waals surface area contributed by atoms with Crippen molar-refractivity contribution in [2.45, 2.75) is 0 Å². The zero-order valence-corrected chi connectivity index (χ0v) is 7.04. The Morgan fingerprint density at radius 3 is 2.64 bits per heavy atom. The summed E-state index contributed by atoms with van der Waals surface area (Å²) in [5.41, 5.74) is 2.42. The number of carbonyl (C=O) groups excluding carboxylic acids is 1. The van der Waals surface area contributed by atoms with Gasteiger partial charge >= 0.3 is 5.97 Å². The van der Waals surface area contributed by atoms with Gasteiger partial charge in [-0.25, -0.2) is 10.2 Å². The number of rotatable bonds is 3. The monoisotopic (exact) mass is 193 g/mol. The maximum absolute atomic E-state index is 11.2. The Bertz CT molecular complexity index is 361. The highest BCUT2D eigenvalue weighted by atomic mass is 16.4. The Morgan fingerprint density at radius 2 is 2.07 bits per heavy atom. The lowest BCUT2D eigenvalue weighted by atomic mass is 10.3. The smallest absolute Gasteiger partial charge is 0.348 e. The number of aliphatic carboxylic acids is 1. The van der Waals surface area contributed by atoms with E-state index in [9.17, 15) is 9.59 Å². The first kappa shape index (κ1) is 9.85. The molecular weight excluding hydrogens is 186 g/mol. The van der Waals surface area contributed by atoms with Crippen LogP contribution in [0.1, 0.15) is 10.4 Å². The number of hydrogen-bond acceptors (Lipinski definition) is 4. The van der Waals surface area contributed by atoms with Crippen LogP contribution >= 0.6 is 0 Å². The van der Waals surface area contributed by atoms with Gasteiger partial charge in [-0.3, -0.25) is 9.78 Å². The van der Waals surface area contributed by atoms with E-state index in [4.69, 9.17) is 5.11 Å². The third-order valence-corrected chi connectivity index (χ3v) is 1.28. The number of amides is 1. The lowest BCUT2D eigenvalue weighted by Crippen LogP contribution is -2.18. The largest absolute Gasteiger partial charge is 0.477 e. The van der Waals surface area contributed by atoms with Gasteiger partial charge in [-0.1, -0.05) is 0 Å². The molecule has 72 valence electrons. The summed E-state index contributed by atoms with van der Waals surface area (Å²) in [5.74, 6) is -1.70. The second-order valence-electron chi connectivity index (χ2n) is 2.27. The second kappa shape index (κ2) is 4.70. The Hall–Kier alpha value is -2.24. The van der Waals surface area contributed by atoms with Crippen LogP contribution in [0.25, 0.3) is 0 Å². The van der Waals surface area contributed by atoms with Gasteiger partial charge in [0.2, 0.25) is 0 Å². The highest BCUT2D eigenvalue weighted by Gasteiger charge is 2.01. The SMILES string of the molecule is O=C(O)/C=N/NC(=O)c1ccncc1. The van der Waals surface area contributed by atoms with Crippen LogP contribution in [0.5, 0.6) is 0 Å². The average Bonchev–Trinajstić information content (AvgIpc) is 2.18. The molecule has 0 aromatic carbocycles. The van der Waals surface area contributed by atoms with Crippen LogP contribution in [-0.4, -0.2) is 28.2 Å². The van der Waals surface area contributed by atoms with Crippen LogP contribution < -0.4 is 5.43 Å². The fourth-order valence-corrected chi connectivity index (χ4v) is 0.714. The first-order chi connectivity index (χ1) is 6.70. The summed E-state index contributed by atoms with van der Waals surface area (Å²) in [6, 6.07) is 2.98. The molecule has 1 rings (SSSR count). The van der Waals surface area contributed by atoms with E-state index < -0.39 is 11.9 Å². The van der Waals surface area contributed by atoms with Crippen LogP contribution in [-0.2, 0) is 4.79 Å². The first-order valence-electron chi connectivity index (χ1n) is 3.66. The van der Waals surface area contributed by atoms with E-state index >= 15 is 0 Å². The summed E-state index contributed by atoms with van der Waals surface area (Å²) in [5, 5.41) is 11.4. The lowest BCUT2D eigenvalue weighted by molar-refractivity contribution is -0.128. The average molecular weight is 193 g/mol. The van der Waals surface area contributed by atoms with Crippen molar-refractivity contribution in [3.8, 4) is 0 Å². The molecule has 0 saturated heterocycles. The van der Waals surface area contributed by atoms with Crippen LogP contribution in [0.3, 0.4) is 0 Å². The van der Waals surface area contributed by atoms with Gasteiger partial charge in [-0.15, -0.1) is 0 Å². The van der Waals surface area contributed by atoms with Crippen molar-refractivity contribution in [3.63, 3.8) is 0 Å². The molecule has 0 aliphatic rings. The summed E-state index contributed by atoms with van der Waals surface area (Å²) in [6.07, 6.45) is 3.50. The van der Waals surface area contributed by atoms with E-state index in [1.807, 2.05) is 0 Å². The third kappa shape index (κ3) is 3.02. The minimum atomic E-state index is -1.22. The number of carboxylic acid groups (broad SMARTS) is 1. The fraction of sp³-hybridized carbons (Fsp3) is 0. The highest BCUT2D eigenvalue weighted by Crippen LogP contribution is 1.94. The summed E-state index contributed by atoms with van der Waals surface area (Å²) in [6.45, 7) is 0. The van der Waals surface area contributed by atoms with Crippen LogP contribution in [0.15, 0.2) is 29.6 Å². The van der Waals surface area contributed by atoms with E-state index in [1.165, 1.54) is 24.5 Å². The number of hydrazone groups is 1. The Kier molecular flexibility index (Phi) is 3.31. The normalized spacial score (nSPS) is 10.0. The van der Waals surface area contributed by atoms with Gasteiger partial charge < -0.3 is 5.11 Å². The Labute approximate surface area is 79.3 Å². The van der Waals surface area contributed by atoms with Gasteiger partial charge in [-0.2, -0.15) is 5.10 Å². The van der Waals surface area contributed by atoms with Crippen LogP contribution in [0.2, 0.25) is 0 Å². The number of carboxylic acids is 1. The minimum Gasteiger partial charge on any atom is -0.477 e. The molecular formula is C8H7N3O3. The summed E-state index contributed by atoms with van der Waals surface area (Å²) in [4.78, 5) is 24.9. The number of aromatic nitrogens is 1. The van der Waals surface area contributed by atoms with Crippen molar-refractivity contribution in [2.75, 3.05) is 0 Å². The molecule has 1 aromatic heterocycles. The van der Waals surface area contributed by atoms with E-state index in [2.05, 4.69) is 15.5 Å². The molecule has 1 heterocycles. The molecule has 0 unspecified atom stereocenters. The van der Waals surface area contributed by atoms with Gasteiger partial charge in [0.25, 0.3) is 5.91 Å². The molecule has 1 aromatic rings. The maximum Gasteiger partial charge on any atom is 0.348 e. The number of carbonyl (C=O) groups is 2. The topological polar surface area (TPSA) is 91.6 Å². The number of hydrogen-bond donors (Lipinski definition) is 2. The standard InChI is InChI=1S/C8H7N3O3/c12-7(13)5-10-11-8(14)6-1-3-9-4-2-6/h1-5H,(H,11,14)(H,12,13)/b10-5+. The van der Waals surface area contributed by atoms with Gasteiger partial charge in [0.05, 0.1) is 0 Å². The molecule has 0 atom stereocenters. The van der Waals surface area contributed by atoms with E-state index in [0.29, 0.717) is 11.8 Å². The van der Waals surface area contributed by atoms with Gasteiger partial charge in [0.1, 0.15) is 6.21 Å². The van der Waals surface area contributed by atoms with Crippen molar-refractivity contribution in [1.29, 1.82) is 0 Å². The zero-order chi connectivity index (χ0) is 10.4.